The molecule has 2 N–H and O–H groups in total. The molecule has 0 aromatic heterocycles. The van der Waals surface area contributed by atoms with Crippen LogP contribution in [0.25, 0.3) is 5.70 Å². The van der Waals surface area contributed by atoms with Crippen LogP contribution in [-0.4, -0.2) is 24.3 Å². The first-order chi connectivity index (χ1) is 15.0. The van der Waals surface area contributed by atoms with Crippen LogP contribution in [0.4, 0.5) is 0 Å². The minimum absolute atomic E-state index is 0.00929. The SMILES string of the molecule is CCCCC(CC)COC(=O)c1ccc(C(N)=C2C(=O)Oc3ccccc3C2=O)cc1. The molecule has 6 nitrogen and oxygen atoms in total. The lowest BCUT2D eigenvalue weighted by Crippen LogP contribution is -2.28. The van der Waals surface area contributed by atoms with E-state index in [0.717, 1.165) is 25.7 Å². The number of carbonyl (C=O) groups excluding carboxylic acids is 3. The van der Waals surface area contributed by atoms with Crippen molar-refractivity contribution in [2.45, 2.75) is 39.5 Å². The zero-order valence-electron chi connectivity index (χ0n) is 17.9. The smallest absolute Gasteiger partial charge is 0.349 e. The minimum atomic E-state index is -0.789. The van der Waals surface area contributed by atoms with Crippen molar-refractivity contribution in [1.82, 2.24) is 0 Å². The quantitative estimate of drug-likeness (QED) is 0.291. The van der Waals surface area contributed by atoms with E-state index in [1.54, 1.807) is 48.5 Å². The molecule has 2 aromatic carbocycles. The van der Waals surface area contributed by atoms with Gasteiger partial charge >= 0.3 is 11.9 Å². The molecule has 1 heterocycles. The second-order valence-corrected chi connectivity index (χ2v) is 7.60. The van der Waals surface area contributed by atoms with Crippen molar-refractivity contribution in [3.05, 3.63) is 70.8 Å². The highest BCUT2D eigenvalue weighted by molar-refractivity contribution is 6.31. The summed E-state index contributed by atoms with van der Waals surface area (Å²) in [6.45, 7) is 4.62. The van der Waals surface area contributed by atoms with E-state index < -0.39 is 17.7 Å². The first kappa shape index (κ1) is 22.3. The van der Waals surface area contributed by atoms with Gasteiger partial charge in [-0.05, 0) is 42.2 Å². The number of benzene rings is 2. The van der Waals surface area contributed by atoms with Crippen LogP contribution in [-0.2, 0) is 9.53 Å². The third-order valence-corrected chi connectivity index (χ3v) is 5.46. The highest BCUT2D eigenvalue weighted by Gasteiger charge is 2.33. The second kappa shape index (κ2) is 10.1. The number of Topliss-reactive ketones (excluding diaryl/α,β-unsaturated/α-hetero) is 1. The van der Waals surface area contributed by atoms with E-state index in [0.29, 0.717) is 23.7 Å². The van der Waals surface area contributed by atoms with Crippen LogP contribution in [0.5, 0.6) is 5.75 Å². The van der Waals surface area contributed by atoms with E-state index in [9.17, 15) is 14.4 Å². The summed E-state index contributed by atoms with van der Waals surface area (Å²) in [5.41, 5.74) is 7.06. The number of hydrogen-bond acceptors (Lipinski definition) is 6. The first-order valence-electron chi connectivity index (χ1n) is 10.6. The predicted molar refractivity (Wildman–Crippen MR) is 118 cm³/mol. The maximum atomic E-state index is 12.8. The summed E-state index contributed by atoms with van der Waals surface area (Å²) >= 11 is 0. The van der Waals surface area contributed by atoms with E-state index in [1.165, 1.54) is 0 Å². The molecular formula is C25H27NO5. The van der Waals surface area contributed by atoms with Gasteiger partial charge in [-0.25, -0.2) is 9.59 Å². The molecule has 3 rings (SSSR count). The maximum Gasteiger partial charge on any atom is 0.349 e. The van der Waals surface area contributed by atoms with Crippen molar-refractivity contribution in [2.75, 3.05) is 6.61 Å². The third-order valence-electron chi connectivity index (χ3n) is 5.46. The highest BCUT2D eigenvalue weighted by atomic mass is 16.5. The highest BCUT2D eigenvalue weighted by Crippen LogP contribution is 2.30. The van der Waals surface area contributed by atoms with E-state index in [4.69, 9.17) is 15.2 Å². The van der Waals surface area contributed by atoms with Gasteiger partial charge in [-0.2, -0.15) is 0 Å². The Hall–Kier alpha value is -3.41. The standard InChI is InChI=1S/C25H27NO5/c1-3-5-8-16(4-2)15-30-24(28)18-13-11-17(12-14-18)22(26)21-23(27)19-9-6-7-10-20(19)31-25(21)29/h6-7,9-14,16H,3-5,8,15,26H2,1-2H3. The Morgan fingerprint density at radius 2 is 1.71 bits per heavy atom. The lowest BCUT2D eigenvalue weighted by Gasteiger charge is -2.18. The number of hydrogen-bond donors (Lipinski definition) is 1. The van der Waals surface area contributed by atoms with Gasteiger partial charge in [-0.1, -0.05) is 57.4 Å². The van der Waals surface area contributed by atoms with E-state index in [2.05, 4.69) is 13.8 Å². The molecule has 0 bridgehead atoms. The van der Waals surface area contributed by atoms with Crippen LogP contribution in [0, 0.1) is 5.92 Å². The zero-order valence-corrected chi connectivity index (χ0v) is 17.9. The van der Waals surface area contributed by atoms with Crippen molar-refractivity contribution in [3.63, 3.8) is 0 Å². The molecule has 6 heteroatoms. The Kier molecular flexibility index (Phi) is 7.23. The van der Waals surface area contributed by atoms with Gasteiger partial charge in [0, 0.05) is 0 Å². The Labute approximate surface area is 182 Å². The van der Waals surface area contributed by atoms with Crippen LogP contribution >= 0.6 is 0 Å². The molecule has 0 spiro atoms. The number of unbranched alkanes of at least 4 members (excludes halogenated alkanes) is 1. The monoisotopic (exact) mass is 421 g/mol. The van der Waals surface area contributed by atoms with E-state index >= 15 is 0 Å². The fourth-order valence-electron chi connectivity index (χ4n) is 3.46. The van der Waals surface area contributed by atoms with Crippen LogP contribution in [0.1, 0.15) is 65.8 Å². The largest absolute Gasteiger partial charge is 0.462 e. The van der Waals surface area contributed by atoms with Crippen molar-refractivity contribution < 1.29 is 23.9 Å². The molecule has 0 saturated carbocycles. The van der Waals surface area contributed by atoms with Gasteiger partial charge in [0.2, 0.25) is 5.78 Å². The van der Waals surface area contributed by atoms with Gasteiger partial charge in [-0.15, -0.1) is 0 Å². The van der Waals surface area contributed by atoms with Crippen molar-refractivity contribution >= 4 is 23.4 Å². The number of ketones is 1. The Morgan fingerprint density at radius 3 is 2.39 bits per heavy atom. The Balaban J connectivity index is 1.74. The van der Waals surface area contributed by atoms with Gasteiger partial charge in [0.25, 0.3) is 0 Å². The first-order valence-corrected chi connectivity index (χ1v) is 10.6. The van der Waals surface area contributed by atoms with Gasteiger partial charge in [0.15, 0.2) is 0 Å². The summed E-state index contributed by atoms with van der Waals surface area (Å²) in [5, 5.41) is 0. The number of rotatable bonds is 8. The summed E-state index contributed by atoms with van der Waals surface area (Å²) in [6, 6.07) is 12.8. The molecule has 0 amide bonds. The number of para-hydroxylation sites is 1. The minimum Gasteiger partial charge on any atom is -0.462 e. The van der Waals surface area contributed by atoms with Crippen LogP contribution in [0.15, 0.2) is 54.1 Å². The van der Waals surface area contributed by atoms with Crippen molar-refractivity contribution in [2.24, 2.45) is 11.7 Å². The normalized spacial score (nSPS) is 15.7. The molecule has 31 heavy (non-hydrogen) atoms. The van der Waals surface area contributed by atoms with Crippen molar-refractivity contribution in [1.29, 1.82) is 0 Å². The molecule has 0 fully saturated rings. The second-order valence-electron chi connectivity index (χ2n) is 7.60. The summed E-state index contributed by atoms with van der Waals surface area (Å²) in [5.74, 6) is -1.10. The summed E-state index contributed by atoms with van der Waals surface area (Å²) in [4.78, 5) is 37.5. The van der Waals surface area contributed by atoms with Crippen LogP contribution in [0.2, 0.25) is 0 Å². The van der Waals surface area contributed by atoms with E-state index in [1.807, 2.05) is 0 Å². The lowest BCUT2D eigenvalue weighted by molar-refractivity contribution is -0.130. The van der Waals surface area contributed by atoms with Crippen molar-refractivity contribution in [3.8, 4) is 5.75 Å². The maximum absolute atomic E-state index is 12.8. The average Bonchev–Trinajstić information content (AvgIpc) is 2.79. The predicted octanol–water partition coefficient (Wildman–Crippen LogP) is 4.53. The fourth-order valence-corrected chi connectivity index (χ4v) is 3.46. The average molecular weight is 421 g/mol. The zero-order chi connectivity index (χ0) is 22.4. The number of nitrogens with two attached hydrogens (primary N) is 1. The van der Waals surface area contributed by atoms with E-state index in [-0.39, 0.29) is 22.6 Å². The number of esters is 2. The van der Waals surface area contributed by atoms with Crippen LogP contribution in [0.3, 0.4) is 0 Å². The molecule has 1 atom stereocenters. The van der Waals surface area contributed by atoms with Crippen LogP contribution < -0.4 is 10.5 Å². The summed E-state index contributed by atoms with van der Waals surface area (Å²) < 4.78 is 10.7. The molecule has 1 aliphatic heterocycles. The molecule has 162 valence electrons. The molecule has 2 aromatic rings. The lowest BCUT2D eigenvalue weighted by atomic mass is 9.95. The molecule has 1 unspecified atom stereocenters. The third kappa shape index (κ3) is 5.02. The molecule has 0 radical (unpaired) electrons. The molecule has 0 aliphatic carbocycles. The number of carbonyl (C=O) groups is 3. The summed E-state index contributed by atoms with van der Waals surface area (Å²) in [6.07, 6.45) is 4.23. The Bertz CT molecular complexity index is 1010. The van der Waals surface area contributed by atoms with Gasteiger partial charge in [-0.3, -0.25) is 4.79 Å². The molecule has 1 aliphatic rings. The number of ether oxygens (including phenoxy) is 2. The molecular weight excluding hydrogens is 394 g/mol. The summed E-state index contributed by atoms with van der Waals surface area (Å²) in [7, 11) is 0. The van der Waals surface area contributed by atoms with Gasteiger partial charge in [0.1, 0.15) is 11.3 Å². The topological polar surface area (TPSA) is 95.7 Å². The molecule has 0 saturated heterocycles. The Morgan fingerprint density at radius 1 is 1.03 bits per heavy atom. The fraction of sp³-hybridized carbons (Fsp3) is 0.320. The van der Waals surface area contributed by atoms with Gasteiger partial charge < -0.3 is 15.2 Å². The number of fused-ring (bicyclic) bond motifs is 1. The van der Waals surface area contributed by atoms with Gasteiger partial charge in [0.05, 0.1) is 23.4 Å².